The number of carbonyl (C=O) groups excluding carboxylic acids is 1. The number of hydrogen-bond donors (Lipinski definition) is 1. The second-order valence-electron chi connectivity index (χ2n) is 3.73. The van der Waals surface area contributed by atoms with Gasteiger partial charge in [0.2, 0.25) is 5.91 Å². The Morgan fingerprint density at radius 2 is 2.33 bits per heavy atom. The number of carbonyl (C=O) groups is 1. The van der Waals surface area contributed by atoms with Crippen molar-refractivity contribution in [2.45, 2.75) is 13.3 Å². The molecule has 0 unspecified atom stereocenters. The van der Waals surface area contributed by atoms with Crippen LogP contribution in [-0.4, -0.2) is 10.9 Å². The van der Waals surface area contributed by atoms with Crippen LogP contribution in [0.2, 0.25) is 5.02 Å². The highest BCUT2D eigenvalue weighted by Gasteiger charge is 2.11. The number of anilines is 1. The molecule has 1 aromatic carbocycles. The quantitative estimate of drug-likeness (QED) is 0.909. The molecule has 18 heavy (non-hydrogen) atoms. The van der Waals surface area contributed by atoms with Crippen LogP contribution in [0.1, 0.15) is 17.4 Å². The predicted molar refractivity (Wildman–Crippen MR) is 78.4 cm³/mol. The van der Waals surface area contributed by atoms with Gasteiger partial charge in [0, 0.05) is 18.4 Å². The Bertz CT molecular complexity index is 585. The van der Waals surface area contributed by atoms with Gasteiger partial charge in [0.1, 0.15) is 5.82 Å². The van der Waals surface area contributed by atoms with E-state index in [9.17, 15) is 4.79 Å². The van der Waals surface area contributed by atoms with Gasteiger partial charge in [-0.15, -0.1) is 11.3 Å². The average molecular weight is 346 g/mol. The first kappa shape index (κ1) is 13.5. The number of rotatable bonds is 3. The van der Waals surface area contributed by atoms with Gasteiger partial charge in [-0.3, -0.25) is 4.79 Å². The second kappa shape index (κ2) is 5.82. The van der Waals surface area contributed by atoms with E-state index in [2.05, 4.69) is 26.2 Å². The van der Waals surface area contributed by atoms with E-state index in [-0.39, 0.29) is 5.91 Å². The third-order valence-electron chi connectivity index (χ3n) is 2.22. The van der Waals surface area contributed by atoms with Crippen molar-refractivity contribution in [1.29, 1.82) is 0 Å². The Hall–Kier alpha value is -0.910. The first-order chi connectivity index (χ1) is 8.54. The monoisotopic (exact) mass is 344 g/mol. The van der Waals surface area contributed by atoms with E-state index in [0.717, 1.165) is 14.4 Å². The zero-order chi connectivity index (χ0) is 13.1. The fourth-order valence-corrected chi connectivity index (χ4v) is 3.29. The van der Waals surface area contributed by atoms with E-state index in [1.54, 1.807) is 0 Å². The molecule has 0 fully saturated rings. The molecule has 2 rings (SSSR count). The van der Waals surface area contributed by atoms with Gasteiger partial charge in [-0.05, 0) is 33.6 Å². The van der Waals surface area contributed by atoms with Crippen molar-refractivity contribution in [1.82, 2.24) is 4.98 Å². The summed E-state index contributed by atoms with van der Waals surface area (Å²) in [5.41, 5.74) is 1.09. The minimum atomic E-state index is -0.125. The molecule has 0 saturated heterocycles. The Morgan fingerprint density at radius 1 is 1.56 bits per heavy atom. The average Bonchev–Trinajstić information content (AvgIpc) is 2.58. The van der Waals surface area contributed by atoms with Gasteiger partial charge in [0.05, 0.1) is 4.88 Å². The van der Waals surface area contributed by atoms with Crippen LogP contribution in [0.4, 0.5) is 5.82 Å². The molecule has 2 aromatic rings. The number of nitrogens with zero attached hydrogens (tertiary/aromatic N) is 1. The maximum atomic E-state index is 11.1. The number of hydrogen-bond acceptors (Lipinski definition) is 3. The molecule has 0 atom stereocenters. The summed E-state index contributed by atoms with van der Waals surface area (Å²) in [7, 11) is 0. The Balaban J connectivity index is 2.25. The normalized spacial score (nSPS) is 10.4. The van der Waals surface area contributed by atoms with Crippen molar-refractivity contribution >= 4 is 50.6 Å². The predicted octanol–water partition coefficient (Wildman–Crippen LogP) is 4.11. The molecule has 0 saturated carbocycles. The summed E-state index contributed by atoms with van der Waals surface area (Å²) >= 11 is 10.8. The Morgan fingerprint density at radius 3 is 3.00 bits per heavy atom. The molecule has 6 heteroatoms. The summed E-state index contributed by atoms with van der Waals surface area (Å²) in [6, 6.07) is 7.65. The smallest absolute Gasteiger partial charge is 0.222 e. The summed E-state index contributed by atoms with van der Waals surface area (Å²) in [4.78, 5) is 16.3. The molecule has 0 radical (unpaired) electrons. The molecular formula is C12H10BrClN2OS. The number of benzene rings is 1. The minimum Gasteiger partial charge on any atom is -0.310 e. The molecule has 0 spiro atoms. The van der Waals surface area contributed by atoms with E-state index in [0.29, 0.717) is 17.3 Å². The maximum Gasteiger partial charge on any atom is 0.222 e. The van der Waals surface area contributed by atoms with Crippen molar-refractivity contribution in [3.63, 3.8) is 0 Å². The number of halogens is 2. The summed E-state index contributed by atoms with van der Waals surface area (Å²) in [5, 5.41) is 3.43. The summed E-state index contributed by atoms with van der Waals surface area (Å²) in [6.07, 6.45) is 0.694. The summed E-state index contributed by atoms with van der Waals surface area (Å²) in [5.74, 6) is 0.486. The van der Waals surface area contributed by atoms with Gasteiger partial charge in [0.25, 0.3) is 0 Å². The van der Waals surface area contributed by atoms with Crippen LogP contribution in [-0.2, 0) is 11.2 Å². The third kappa shape index (κ3) is 3.54. The number of nitrogens with one attached hydrogen (secondary N) is 1. The molecule has 0 aliphatic heterocycles. The number of aromatic nitrogens is 1. The van der Waals surface area contributed by atoms with Crippen molar-refractivity contribution < 1.29 is 4.79 Å². The van der Waals surface area contributed by atoms with E-state index in [1.165, 1.54) is 18.3 Å². The summed E-state index contributed by atoms with van der Waals surface area (Å²) < 4.78 is 0.753. The molecule has 1 N–H and O–H groups in total. The minimum absolute atomic E-state index is 0.125. The molecule has 0 bridgehead atoms. The van der Waals surface area contributed by atoms with Crippen LogP contribution >= 0.6 is 38.9 Å². The second-order valence-corrected chi connectivity index (χ2v) is 6.52. The Kier molecular flexibility index (Phi) is 4.37. The largest absolute Gasteiger partial charge is 0.310 e. The van der Waals surface area contributed by atoms with Gasteiger partial charge in [0.15, 0.2) is 3.92 Å². The fraction of sp³-hybridized carbons (Fsp3) is 0.167. The highest BCUT2D eigenvalue weighted by atomic mass is 79.9. The van der Waals surface area contributed by atoms with Gasteiger partial charge in [-0.25, -0.2) is 4.98 Å². The number of thiazole rings is 1. The molecule has 0 aliphatic rings. The lowest BCUT2D eigenvalue weighted by molar-refractivity contribution is -0.114. The van der Waals surface area contributed by atoms with Crippen LogP contribution in [0.15, 0.2) is 28.2 Å². The van der Waals surface area contributed by atoms with Gasteiger partial charge < -0.3 is 5.32 Å². The molecule has 1 amide bonds. The van der Waals surface area contributed by atoms with Crippen molar-refractivity contribution in [2.24, 2.45) is 0 Å². The lowest BCUT2D eigenvalue weighted by Crippen LogP contribution is -2.07. The first-order valence-corrected chi connectivity index (χ1v) is 7.20. The zero-order valence-electron chi connectivity index (χ0n) is 9.54. The van der Waals surface area contributed by atoms with Gasteiger partial charge in [-0.1, -0.05) is 23.7 Å². The van der Waals surface area contributed by atoms with E-state index in [1.807, 2.05) is 24.3 Å². The van der Waals surface area contributed by atoms with Crippen LogP contribution in [0.3, 0.4) is 0 Å². The van der Waals surface area contributed by atoms with Crippen molar-refractivity contribution in [3.8, 4) is 0 Å². The fourth-order valence-electron chi connectivity index (χ4n) is 1.54. The van der Waals surface area contributed by atoms with E-state index < -0.39 is 0 Å². The zero-order valence-corrected chi connectivity index (χ0v) is 12.7. The lowest BCUT2D eigenvalue weighted by Gasteiger charge is -2.03. The first-order valence-electron chi connectivity index (χ1n) is 5.22. The van der Waals surface area contributed by atoms with E-state index >= 15 is 0 Å². The van der Waals surface area contributed by atoms with Crippen molar-refractivity contribution in [3.05, 3.63) is 43.6 Å². The van der Waals surface area contributed by atoms with Crippen LogP contribution in [0, 0.1) is 0 Å². The van der Waals surface area contributed by atoms with Gasteiger partial charge in [-0.2, -0.15) is 0 Å². The van der Waals surface area contributed by atoms with Crippen LogP contribution in [0.5, 0.6) is 0 Å². The number of amides is 1. The standard InChI is InChI=1S/C12H10BrClN2OS/c1-7(17)15-11-10(18-12(13)16-11)6-8-3-2-4-9(14)5-8/h2-5H,6H2,1H3,(H,15,17). The van der Waals surface area contributed by atoms with Crippen LogP contribution in [0.25, 0.3) is 0 Å². The third-order valence-corrected chi connectivity index (χ3v) is 3.96. The lowest BCUT2D eigenvalue weighted by atomic mass is 10.1. The molecular weight excluding hydrogens is 336 g/mol. The maximum absolute atomic E-state index is 11.1. The highest BCUT2D eigenvalue weighted by Crippen LogP contribution is 2.29. The molecule has 1 heterocycles. The summed E-state index contributed by atoms with van der Waals surface area (Å²) in [6.45, 7) is 1.47. The van der Waals surface area contributed by atoms with E-state index in [4.69, 9.17) is 11.6 Å². The van der Waals surface area contributed by atoms with Crippen molar-refractivity contribution in [2.75, 3.05) is 5.32 Å². The molecule has 94 valence electrons. The SMILES string of the molecule is CC(=O)Nc1nc(Br)sc1Cc1cccc(Cl)c1. The topological polar surface area (TPSA) is 42.0 Å². The molecule has 0 aliphatic carbocycles. The Labute approximate surface area is 122 Å². The van der Waals surface area contributed by atoms with Gasteiger partial charge >= 0.3 is 0 Å². The highest BCUT2D eigenvalue weighted by molar-refractivity contribution is 9.11. The molecule has 1 aromatic heterocycles. The molecule has 3 nitrogen and oxygen atoms in total. The van der Waals surface area contributed by atoms with Crippen LogP contribution < -0.4 is 5.32 Å².